The zero-order valence-corrected chi connectivity index (χ0v) is 14.2. The Labute approximate surface area is 144 Å². The third kappa shape index (κ3) is 4.32. The van der Waals surface area contributed by atoms with Crippen molar-refractivity contribution in [3.05, 3.63) is 35.4 Å². The molecular weight excluding hydrogens is 338 g/mol. The van der Waals surface area contributed by atoms with Crippen LogP contribution in [0.1, 0.15) is 54.9 Å². The molecule has 0 unspecified atom stereocenters. The van der Waals surface area contributed by atoms with Gasteiger partial charge in [-0.25, -0.2) is 4.39 Å². The first-order chi connectivity index (χ1) is 11.7. The van der Waals surface area contributed by atoms with Gasteiger partial charge in [-0.1, -0.05) is 31.4 Å². The maximum Gasteiger partial charge on any atom is 0.421 e. The lowest BCUT2D eigenvalue weighted by molar-refractivity contribution is -0.258. The van der Waals surface area contributed by atoms with Crippen molar-refractivity contribution < 1.29 is 27.5 Å². The summed E-state index contributed by atoms with van der Waals surface area (Å²) in [5.41, 5.74) is -3.14. The van der Waals surface area contributed by atoms with E-state index in [0.717, 1.165) is 44.2 Å². The lowest BCUT2D eigenvalue weighted by atomic mass is 9.92. The van der Waals surface area contributed by atoms with E-state index in [0.29, 0.717) is 6.92 Å². The number of hydrogen-bond donors (Lipinski definition) is 1. The standard InChI is InChI=1S/C18H23F4NO2/c1-17(25,18(20,21)22)14-9-7-13(8-10-14)16(24)23(12-11-19)15-5-3-2-4-6-15/h7-10,15,25H,2-6,11-12H2,1H3/t17-/m0/s1. The minimum absolute atomic E-state index is 0.0223. The summed E-state index contributed by atoms with van der Waals surface area (Å²) < 4.78 is 51.5. The molecule has 3 nitrogen and oxygen atoms in total. The molecule has 0 saturated heterocycles. The van der Waals surface area contributed by atoms with Gasteiger partial charge in [-0.15, -0.1) is 0 Å². The number of benzene rings is 1. The van der Waals surface area contributed by atoms with E-state index in [-0.39, 0.29) is 29.6 Å². The van der Waals surface area contributed by atoms with E-state index in [4.69, 9.17) is 0 Å². The third-order valence-corrected chi connectivity index (χ3v) is 4.85. The molecule has 1 amide bonds. The first kappa shape index (κ1) is 19.7. The second-order valence-corrected chi connectivity index (χ2v) is 6.63. The summed E-state index contributed by atoms with van der Waals surface area (Å²) >= 11 is 0. The van der Waals surface area contributed by atoms with E-state index >= 15 is 0 Å². The molecule has 1 saturated carbocycles. The molecule has 0 aromatic heterocycles. The molecular formula is C18H23F4NO2. The van der Waals surface area contributed by atoms with E-state index in [1.807, 2.05) is 0 Å². The number of hydrogen-bond acceptors (Lipinski definition) is 2. The molecule has 1 aliphatic carbocycles. The molecule has 0 spiro atoms. The van der Waals surface area contributed by atoms with Crippen molar-refractivity contribution in [1.82, 2.24) is 4.90 Å². The summed E-state index contributed by atoms with van der Waals surface area (Å²) in [5.74, 6) is -0.386. The van der Waals surface area contributed by atoms with Gasteiger partial charge in [0.2, 0.25) is 0 Å². The van der Waals surface area contributed by atoms with Crippen molar-refractivity contribution in [2.24, 2.45) is 0 Å². The number of nitrogens with zero attached hydrogens (tertiary/aromatic N) is 1. The molecule has 1 aromatic rings. The summed E-state index contributed by atoms with van der Waals surface area (Å²) in [7, 11) is 0. The highest BCUT2D eigenvalue weighted by atomic mass is 19.4. The summed E-state index contributed by atoms with van der Waals surface area (Å²) in [6, 6.07) is 4.66. The minimum atomic E-state index is -4.82. The Bertz CT molecular complexity index is 578. The number of halogens is 4. The van der Waals surface area contributed by atoms with Crippen LogP contribution in [0.15, 0.2) is 24.3 Å². The van der Waals surface area contributed by atoms with Gasteiger partial charge in [0.1, 0.15) is 6.67 Å². The van der Waals surface area contributed by atoms with Crippen LogP contribution in [-0.4, -0.2) is 41.4 Å². The number of carbonyl (C=O) groups excluding carboxylic acids is 1. The summed E-state index contributed by atoms with van der Waals surface area (Å²) in [6.07, 6.45) is -0.141. The van der Waals surface area contributed by atoms with Gasteiger partial charge in [-0.3, -0.25) is 4.79 Å². The van der Waals surface area contributed by atoms with Crippen LogP contribution in [0.5, 0.6) is 0 Å². The quantitative estimate of drug-likeness (QED) is 0.799. The molecule has 2 rings (SSSR count). The first-order valence-electron chi connectivity index (χ1n) is 8.45. The molecule has 0 heterocycles. The normalized spacial score (nSPS) is 18.6. The molecule has 1 aliphatic rings. The van der Waals surface area contributed by atoms with Gasteiger partial charge in [-0.05, 0) is 37.5 Å². The Balaban J connectivity index is 2.20. The number of amides is 1. The van der Waals surface area contributed by atoms with E-state index in [1.165, 1.54) is 17.0 Å². The average Bonchev–Trinajstić information content (AvgIpc) is 2.59. The second-order valence-electron chi connectivity index (χ2n) is 6.63. The van der Waals surface area contributed by atoms with Crippen molar-refractivity contribution in [3.63, 3.8) is 0 Å². The number of alkyl halides is 4. The third-order valence-electron chi connectivity index (χ3n) is 4.85. The molecule has 1 atom stereocenters. The van der Waals surface area contributed by atoms with E-state index in [2.05, 4.69) is 0 Å². The zero-order chi connectivity index (χ0) is 18.7. The van der Waals surface area contributed by atoms with Crippen molar-refractivity contribution in [2.75, 3.05) is 13.2 Å². The Kier molecular flexibility index (Phi) is 6.08. The Morgan fingerprint density at radius 1 is 1.16 bits per heavy atom. The van der Waals surface area contributed by atoms with Crippen molar-refractivity contribution in [2.45, 2.75) is 56.8 Å². The maximum absolute atomic E-state index is 12.9. The maximum atomic E-state index is 12.9. The zero-order valence-electron chi connectivity index (χ0n) is 14.2. The van der Waals surface area contributed by atoms with Crippen LogP contribution >= 0.6 is 0 Å². The summed E-state index contributed by atoms with van der Waals surface area (Å²) in [4.78, 5) is 14.1. The molecule has 140 valence electrons. The highest BCUT2D eigenvalue weighted by Crippen LogP contribution is 2.38. The monoisotopic (exact) mass is 361 g/mol. The predicted molar refractivity (Wildman–Crippen MR) is 86.0 cm³/mol. The fourth-order valence-electron chi connectivity index (χ4n) is 3.20. The van der Waals surface area contributed by atoms with Gasteiger partial charge in [0.15, 0.2) is 5.60 Å². The molecule has 0 bridgehead atoms. The van der Waals surface area contributed by atoms with Crippen molar-refractivity contribution >= 4 is 5.91 Å². The van der Waals surface area contributed by atoms with Crippen LogP contribution in [0.25, 0.3) is 0 Å². The van der Waals surface area contributed by atoms with Crippen LogP contribution in [0.3, 0.4) is 0 Å². The number of rotatable bonds is 5. The van der Waals surface area contributed by atoms with Gasteiger partial charge in [-0.2, -0.15) is 13.2 Å². The van der Waals surface area contributed by atoms with Crippen LogP contribution < -0.4 is 0 Å². The van der Waals surface area contributed by atoms with Crippen LogP contribution in [0.2, 0.25) is 0 Å². The summed E-state index contributed by atoms with van der Waals surface area (Å²) in [5, 5.41) is 9.68. The van der Waals surface area contributed by atoms with E-state index < -0.39 is 18.5 Å². The van der Waals surface area contributed by atoms with Gasteiger partial charge in [0, 0.05) is 18.2 Å². The highest BCUT2D eigenvalue weighted by molar-refractivity contribution is 5.94. The molecule has 25 heavy (non-hydrogen) atoms. The Morgan fingerprint density at radius 2 is 1.72 bits per heavy atom. The smallest absolute Gasteiger partial charge is 0.376 e. The second kappa shape index (κ2) is 7.72. The fourth-order valence-corrected chi connectivity index (χ4v) is 3.20. The van der Waals surface area contributed by atoms with E-state index in [1.54, 1.807) is 0 Å². The van der Waals surface area contributed by atoms with Crippen LogP contribution in [0, 0.1) is 0 Å². The minimum Gasteiger partial charge on any atom is -0.376 e. The lowest BCUT2D eigenvalue weighted by Crippen LogP contribution is -2.43. The van der Waals surface area contributed by atoms with Crippen LogP contribution in [-0.2, 0) is 5.60 Å². The Morgan fingerprint density at radius 3 is 2.20 bits per heavy atom. The SMILES string of the molecule is C[C@](O)(c1ccc(C(=O)N(CCF)C2CCCCC2)cc1)C(F)(F)F. The fraction of sp³-hybridized carbons (Fsp3) is 0.611. The number of carbonyl (C=O) groups is 1. The van der Waals surface area contributed by atoms with Gasteiger partial charge in [0.25, 0.3) is 5.91 Å². The topological polar surface area (TPSA) is 40.5 Å². The first-order valence-corrected chi connectivity index (χ1v) is 8.45. The molecule has 1 N–H and O–H groups in total. The average molecular weight is 361 g/mol. The van der Waals surface area contributed by atoms with Crippen molar-refractivity contribution in [1.29, 1.82) is 0 Å². The molecule has 1 aromatic carbocycles. The van der Waals surface area contributed by atoms with Crippen molar-refractivity contribution in [3.8, 4) is 0 Å². The number of aliphatic hydroxyl groups is 1. The predicted octanol–water partition coefficient (Wildman–Crippen LogP) is 4.20. The van der Waals surface area contributed by atoms with Crippen LogP contribution in [0.4, 0.5) is 17.6 Å². The highest BCUT2D eigenvalue weighted by Gasteiger charge is 2.51. The summed E-state index contributed by atoms with van der Waals surface area (Å²) in [6.45, 7) is -0.0180. The molecule has 1 fully saturated rings. The van der Waals surface area contributed by atoms with E-state index in [9.17, 15) is 27.5 Å². The largest absolute Gasteiger partial charge is 0.421 e. The van der Waals surface area contributed by atoms with Gasteiger partial charge >= 0.3 is 6.18 Å². The lowest BCUT2D eigenvalue weighted by Gasteiger charge is -2.34. The molecule has 0 radical (unpaired) electrons. The van der Waals surface area contributed by atoms with Gasteiger partial charge < -0.3 is 10.0 Å². The molecule has 0 aliphatic heterocycles. The van der Waals surface area contributed by atoms with Gasteiger partial charge in [0.05, 0.1) is 0 Å². The Hall–Kier alpha value is -1.63. The molecule has 7 heteroatoms.